The van der Waals surface area contributed by atoms with E-state index in [4.69, 9.17) is 29.6 Å². The number of nitrogens with zero attached hydrogens (tertiary/aromatic N) is 6. The Morgan fingerprint density at radius 2 is 1.13 bits per heavy atom. The van der Waals surface area contributed by atoms with Gasteiger partial charge in [-0.1, -0.05) is 73.3 Å². The second-order valence-electron chi connectivity index (χ2n) is 16.1. The average Bonchev–Trinajstić information content (AvgIpc) is 4.10. The lowest BCUT2D eigenvalue weighted by Gasteiger charge is -2.22. The van der Waals surface area contributed by atoms with Gasteiger partial charge in [0.25, 0.3) is 0 Å². The molecule has 0 bridgehead atoms. The number of para-hydroxylation sites is 1. The molecule has 29 heteroatoms. The molecule has 11 nitrogen and oxygen atoms in total. The van der Waals surface area contributed by atoms with Gasteiger partial charge in [0.15, 0.2) is 11.4 Å². The zero-order valence-corrected chi connectivity index (χ0v) is 46.5. The molecular weight excluding hydrogens is 1230 g/mol. The Hall–Kier alpha value is -3.87. The number of rotatable bonds is 7. The number of fused-ring (bicyclic) bond motifs is 3. The van der Waals surface area contributed by atoms with E-state index in [0.717, 1.165) is 67.0 Å². The van der Waals surface area contributed by atoms with Crippen molar-refractivity contribution < 1.29 is 58.5 Å². The number of carbonyl (C=O) groups is 3. The van der Waals surface area contributed by atoms with Crippen LogP contribution in [0.15, 0.2) is 65.4 Å². The highest BCUT2D eigenvalue weighted by Gasteiger charge is 2.38. The number of aromatic nitrogens is 4. The van der Waals surface area contributed by atoms with E-state index in [1.807, 2.05) is 76.4 Å². The second-order valence-corrected chi connectivity index (χ2v) is 25.8. The maximum atomic E-state index is 12.7. The third kappa shape index (κ3) is 17.6. The summed E-state index contributed by atoms with van der Waals surface area (Å²) in [5.74, 6) is -1.67. The Morgan fingerprint density at radius 3 is 1.52 bits per heavy atom. The van der Waals surface area contributed by atoms with Crippen LogP contribution in [0.3, 0.4) is 0 Å². The summed E-state index contributed by atoms with van der Waals surface area (Å²) in [6.07, 6.45) is -13.0. The van der Waals surface area contributed by atoms with Crippen LogP contribution >= 0.6 is 101 Å². The zero-order chi connectivity index (χ0) is 55.3. The molecule has 0 fully saturated rings. The Morgan fingerprint density at radius 1 is 0.720 bits per heavy atom. The molecule has 0 saturated heterocycles. The Kier molecular flexibility index (Phi) is 24.3. The van der Waals surface area contributed by atoms with Gasteiger partial charge in [-0.15, -0.1) is 22.7 Å². The highest BCUT2D eigenvalue weighted by molar-refractivity contribution is 9.09. The molecule has 3 aromatic heterocycles. The van der Waals surface area contributed by atoms with E-state index in [2.05, 4.69) is 64.6 Å². The largest absolute Gasteiger partial charge is 0.450 e. The van der Waals surface area contributed by atoms with Gasteiger partial charge in [0.2, 0.25) is 22.9 Å². The lowest BCUT2D eigenvalue weighted by Crippen LogP contribution is -2.33. The summed E-state index contributed by atoms with van der Waals surface area (Å²) in [6, 6.07) is 16.6. The number of ketones is 1. The van der Waals surface area contributed by atoms with E-state index in [1.165, 1.54) is 0 Å². The number of nitrogens with two attached hydrogens (primary N) is 1. The monoisotopic (exact) mass is 1280 g/mol. The normalized spacial score (nSPS) is 13.1. The quantitative estimate of drug-likeness (QED) is 0.0715. The fraction of sp³-hybridized carbons (Fsp3) is 0.370. The molecule has 0 unspecified atom stereocenters. The number of benzene rings is 3. The van der Waals surface area contributed by atoms with Gasteiger partial charge < -0.3 is 20.1 Å². The van der Waals surface area contributed by atoms with E-state index in [-0.39, 0.29) is 56.2 Å². The van der Waals surface area contributed by atoms with Gasteiger partial charge in [-0.3, -0.25) is 18.9 Å². The zero-order valence-electron chi connectivity index (χ0n) is 38.6. The van der Waals surface area contributed by atoms with E-state index in [9.17, 15) is 58.5 Å². The van der Waals surface area contributed by atoms with Crippen LogP contribution in [0.1, 0.15) is 90.5 Å². The first-order valence-electron chi connectivity index (χ1n) is 20.8. The van der Waals surface area contributed by atoms with Gasteiger partial charge in [0.1, 0.15) is 20.5 Å². The molecule has 2 aliphatic heterocycles. The van der Waals surface area contributed by atoms with Crippen molar-refractivity contribution >= 4 is 146 Å². The second kappa shape index (κ2) is 27.1. The van der Waals surface area contributed by atoms with Crippen molar-refractivity contribution in [2.45, 2.75) is 106 Å². The molecule has 0 radical (unpaired) electrons. The predicted molar refractivity (Wildman–Crippen MR) is 292 cm³/mol. The number of carbonyl (C=O) groups excluding carboxylic acids is 3. The van der Waals surface area contributed by atoms with Gasteiger partial charge in [-0.2, -0.15) is 39.5 Å². The molecular formula is C46H48BrCl4F9N7O4PS3. The van der Waals surface area contributed by atoms with Crippen molar-refractivity contribution in [3.63, 3.8) is 0 Å². The molecule has 3 aromatic carbocycles. The minimum atomic E-state index is -4.68. The maximum Gasteiger partial charge on any atom is 0.450 e. The lowest BCUT2D eigenvalue weighted by atomic mass is 10.0. The van der Waals surface area contributed by atoms with Gasteiger partial charge in [-0.05, 0) is 122 Å². The molecule has 6 aromatic rings. The lowest BCUT2D eigenvalue weighted by molar-refractivity contribution is -0.167. The molecule has 2 aliphatic rings. The molecule has 0 saturated carbocycles. The number of alkyl halides is 10. The van der Waals surface area contributed by atoms with Crippen LogP contribution in [-0.4, -0.2) is 65.7 Å². The molecule has 2 amide bonds. The molecule has 2 N–H and O–H groups in total. The third-order valence-electron chi connectivity index (χ3n) is 9.99. The number of Topliss-reactive ketones (excluding diaryl/α,β-unsaturated/α-hetero) is 1. The van der Waals surface area contributed by atoms with Crippen LogP contribution in [0.25, 0.3) is 32.2 Å². The highest BCUT2D eigenvalue weighted by Crippen LogP contribution is 2.61. The highest BCUT2D eigenvalue weighted by atomic mass is 79.9. The summed E-state index contributed by atoms with van der Waals surface area (Å²) in [5, 5.41) is -0.979. The van der Waals surface area contributed by atoms with Crippen LogP contribution < -0.4 is 15.5 Å². The summed E-state index contributed by atoms with van der Waals surface area (Å²) in [6.45, 7) is 11.7. The fourth-order valence-electron chi connectivity index (χ4n) is 7.16. The summed E-state index contributed by atoms with van der Waals surface area (Å²) < 4.78 is 121. The fourth-order valence-corrected chi connectivity index (χ4v) is 9.77. The van der Waals surface area contributed by atoms with Gasteiger partial charge >= 0.3 is 23.7 Å². The molecule has 8 rings (SSSR count). The topological polar surface area (TPSA) is 144 Å². The van der Waals surface area contributed by atoms with E-state index >= 15 is 0 Å². The van der Waals surface area contributed by atoms with Crippen molar-refractivity contribution in [3.05, 3.63) is 98.7 Å². The SMILES string of the molecule is C.C.CC(C)N1C(=O)Cc2c(-c3nc(C(F)(F)F)cs3)cccc21.CC(C)N1C(=O)Cc2c(C(N)=S)cccc21.CC(C)n1c(Cl)nc2c(-c3nc(C(F)(F)F)cs3)cccc21.O=C(CBr)C(F)(F)F.O=P(Cl)(Cl)Cl. The molecule has 0 atom stereocenters. The number of amides is 2. The number of imidazole rings is 1. The van der Waals surface area contributed by atoms with E-state index in [1.54, 1.807) is 34.1 Å². The molecule has 0 spiro atoms. The number of thiazole rings is 2. The average molecular weight is 1280 g/mol. The third-order valence-corrected chi connectivity index (χ3v) is 12.7. The molecule has 75 heavy (non-hydrogen) atoms. The Labute approximate surface area is 467 Å². The van der Waals surface area contributed by atoms with Crippen molar-refractivity contribution in [3.8, 4) is 21.1 Å². The number of hydrogen-bond donors (Lipinski definition) is 1. The van der Waals surface area contributed by atoms with Crippen molar-refractivity contribution in [1.82, 2.24) is 19.5 Å². The number of anilines is 2. The minimum Gasteiger partial charge on any atom is -0.389 e. The first-order chi connectivity index (χ1) is 33.6. The molecule has 0 aliphatic carbocycles. The van der Waals surface area contributed by atoms with Crippen LogP contribution in [0.2, 0.25) is 5.28 Å². The predicted octanol–water partition coefficient (Wildman–Crippen LogP) is 16.8. The Balaban J connectivity index is 0.000000343. The first kappa shape index (κ1) is 67.2. The summed E-state index contributed by atoms with van der Waals surface area (Å²) in [5.41, 5.74) is 10.6. The van der Waals surface area contributed by atoms with Crippen LogP contribution in [0.4, 0.5) is 50.9 Å². The first-order valence-corrected chi connectivity index (χ1v) is 28.9. The number of thiocarbonyl (C=S) groups is 1. The van der Waals surface area contributed by atoms with Crippen LogP contribution in [0.5, 0.6) is 0 Å². The molecule has 412 valence electrons. The van der Waals surface area contributed by atoms with Crippen molar-refractivity contribution in [1.29, 1.82) is 0 Å². The number of hydrogen-bond acceptors (Lipinski definition) is 10. The summed E-state index contributed by atoms with van der Waals surface area (Å²) >= 11 is 29.3. The smallest absolute Gasteiger partial charge is 0.389 e. The van der Waals surface area contributed by atoms with Crippen molar-refractivity contribution in [2.75, 3.05) is 15.1 Å². The van der Waals surface area contributed by atoms with E-state index < -0.39 is 46.2 Å². The van der Waals surface area contributed by atoms with Gasteiger partial charge in [0, 0.05) is 57.0 Å². The van der Waals surface area contributed by atoms with E-state index in [0.29, 0.717) is 38.3 Å². The van der Waals surface area contributed by atoms with Crippen LogP contribution in [0, 0.1) is 0 Å². The molecule has 5 heterocycles. The van der Waals surface area contributed by atoms with Gasteiger partial charge in [-0.25, -0.2) is 15.0 Å². The van der Waals surface area contributed by atoms with Crippen molar-refractivity contribution in [2.24, 2.45) is 5.73 Å². The number of halogens is 14. The summed E-state index contributed by atoms with van der Waals surface area (Å²) in [7, 11) is 0. The summed E-state index contributed by atoms with van der Waals surface area (Å²) in [4.78, 5) is 49.2. The maximum absolute atomic E-state index is 12.7. The van der Waals surface area contributed by atoms with Gasteiger partial charge in [0.05, 0.1) is 23.7 Å². The van der Waals surface area contributed by atoms with Crippen LogP contribution in [-0.2, 0) is 44.1 Å². The standard InChI is InChI=1S/C15H13F3N2OS.C14H11ClF3N3S.C12H14N2OS.C3H2BrF3O.2CH4.Cl3OP/c1-8(2)20-11-5-3-4-9(10(11)6-13(20)21)14-19-12(7-22-14)15(16,17)18;1-7(2)21-9-5-3-4-8(11(9)20-13(21)15)12-19-10(6-22-12)14(16,17)18;1-7(2)14-10-5-3-4-8(12(13)16)9(10)6-11(14)15;4-1-2(8)3(5,6)7;;;1-5(2,3)4/h3-5,7-8H,6H2,1-2H3;3-7H,1-2H3;3-5,7H,6H2,1-2H3,(H2,13,16);1H2;2*1H4;. The Bertz CT molecular complexity index is 3030. The minimum absolute atomic E-state index is 0.